The molecular weight excluding hydrogens is 403 g/mol. The lowest BCUT2D eigenvalue weighted by atomic mass is 10.1. The van der Waals surface area contributed by atoms with E-state index in [-0.39, 0.29) is 17.7 Å². The SMILES string of the molecule is O=C(C1CC1c1ccccc1Cl)N1CCCN(c2ccc(C(F)(F)F)cn2)CC1. The fourth-order valence-corrected chi connectivity index (χ4v) is 4.21. The fraction of sp³-hybridized carbons (Fsp3) is 0.429. The van der Waals surface area contributed by atoms with Crippen LogP contribution in [0.3, 0.4) is 0 Å². The maximum atomic E-state index is 12.9. The molecule has 4 rings (SSSR count). The molecule has 4 nitrogen and oxygen atoms in total. The fourth-order valence-electron chi connectivity index (χ4n) is 3.93. The number of nitrogens with zero attached hydrogens (tertiary/aromatic N) is 3. The van der Waals surface area contributed by atoms with Gasteiger partial charge in [-0.05, 0) is 42.5 Å². The number of hydrogen-bond donors (Lipinski definition) is 0. The Morgan fingerprint density at radius 2 is 1.86 bits per heavy atom. The Morgan fingerprint density at radius 3 is 2.55 bits per heavy atom. The number of amides is 1. The molecule has 0 spiro atoms. The molecule has 2 unspecified atom stereocenters. The molecule has 2 aromatic rings. The second-order valence-electron chi connectivity index (χ2n) is 7.54. The Kier molecular flexibility index (Phi) is 5.42. The Labute approximate surface area is 172 Å². The topological polar surface area (TPSA) is 36.4 Å². The van der Waals surface area contributed by atoms with E-state index < -0.39 is 11.7 Å². The van der Waals surface area contributed by atoms with Crippen LogP contribution in [0, 0.1) is 5.92 Å². The molecule has 2 heterocycles. The van der Waals surface area contributed by atoms with Gasteiger partial charge in [0.1, 0.15) is 5.82 Å². The van der Waals surface area contributed by atoms with E-state index >= 15 is 0 Å². The molecule has 1 aliphatic heterocycles. The molecule has 0 N–H and O–H groups in total. The molecule has 29 heavy (non-hydrogen) atoms. The highest BCUT2D eigenvalue weighted by Gasteiger charge is 2.46. The van der Waals surface area contributed by atoms with Crippen LogP contribution < -0.4 is 4.90 Å². The summed E-state index contributed by atoms with van der Waals surface area (Å²) in [6, 6.07) is 10.1. The van der Waals surface area contributed by atoms with E-state index in [1.54, 1.807) is 0 Å². The van der Waals surface area contributed by atoms with E-state index in [9.17, 15) is 18.0 Å². The molecule has 1 saturated heterocycles. The van der Waals surface area contributed by atoms with Gasteiger partial charge in [-0.3, -0.25) is 4.79 Å². The predicted octanol–water partition coefficient (Wildman–Crippen LogP) is 4.60. The van der Waals surface area contributed by atoms with Crippen LogP contribution in [0.25, 0.3) is 0 Å². The largest absolute Gasteiger partial charge is 0.417 e. The molecule has 2 atom stereocenters. The second kappa shape index (κ2) is 7.86. The normalized spacial score (nSPS) is 22.3. The molecule has 1 aliphatic carbocycles. The van der Waals surface area contributed by atoms with E-state index in [0.29, 0.717) is 37.0 Å². The van der Waals surface area contributed by atoms with Gasteiger partial charge in [-0.2, -0.15) is 13.2 Å². The first-order valence-corrected chi connectivity index (χ1v) is 10.0. The molecule has 154 valence electrons. The summed E-state index contributed by atoms with van der Waals surface area (Å²) >= 11 is 6.26. The van der Waals surface area contributed by atoms with Crippen molar-refractivity contribution in [2.45, 2.75) is 24.9 Å². The zero-order valence-corrected chi connectivity index (χ0v) is 16.5. The number of hydrogen-bond acceptors (Lipinski definition) is 3. The third-order valence-corrected chi connectivity index (χ3v) is 5.96. The Bertz CT molecular complexity index is 887. The number of carbonyl (C=O) groups is 1. The van der Waals surface area contributed by atoms with Crippen molar-refractivity contribution in [3.8, 4) is 0 Å². The van der Waals surface area contributed by atoms with Gasteiger partial charge >= 0.3 is 6.18 Å². The molecule has 1 saturated carbocycles. The number of pyridine rings is 1. The number of benzene rings is 1. The minimum absolute atomic E-state index is 0.0364. The highest BCUT2D eigenvalue weighted by atomic mass is 35.5. The van der Waals surface area contributed by atoms with Crippen molar-refractivity contribution >= 4 is 23.3 Å². The number of aromatic nitrogens is 1. The summed E-state index contributed by atoms with van der Waals surface area (Å²) < 4.78 is 38.2. The summed E-state index contributed by atoms with van der Waals surface area (Å²) in [6.45, 7) is 2.38. The summed E-state index contributed by atoms with van der Waals surface area (Å²) in [5.41, 5.74) is 0.269. The lowest BCUT2D eigenvalue weighted by molar-refractivity contribution is -0.137. The molecular formula is C21H21ClF3N3O. The van der Waals surface area contributed by atoms with Crippen molar-refractivity contribution in [3.05, 3.63) is 58.7 Å². The van der Waals surface area contributed by atoms with Gasteiger partial charge in [0.2, 0.25) is 5.91 Å². The summed E-state index contributed by atoms with van der Waals surface area (Å²) in [5, 5.41) is 0.697. The summed E-state index contributed by atoms with van der Waals surface area (Å²) in [7, 11) is 0. The minimum Gasteiger partial charge on any atom is -0.355 e. The molecule has 8 heteroatoms. The Morgan fingerprint density at radius 1 is 1.07 bits per heavy atom. The molecule has 0 radical (unpaired) electrons. The molecule has 0 bridgehead atoms. The van der Waals surface area contributed by atoms with Crippen molar-refractivity contribution in [2.75, 3.05) is 31.1 Å². The van der Waals surface area contributed by atoms with E-state index in [1.165, 1.54) is 6.07 Å². The van der Waals surface area contributed by atoms with Crippen molar-refractivity contribution in [1.82, 2.24) is 9.88 Å². The van der Waals surface area contributed by atoms with Gasteiger partial charge in [-0.1, -0.05) is 29.8 Å². The van der Waals surface area contributed by atoms with Gasteiger partial charge in [0, 0.05) is 43.3 Å². The van der Waals surface area contributed by atoms with Crippen LogP contribution in [0.5, 0.6) is 0 Å². The van der Waals surface area contributed by atoms with Gasteiger partial charge in [0.05, 0.1) is 5.56 Å². The maximum absolute atomic E-state index is 12.9. The second-order valence-corrected chi connectivity index (χ2v) is 7.95. The monoisotopic (exact) mass is 423 g/mol. The predicted molar refractivity (Wildman–Crippen MR) is 105 cm³/mol. The minimum atomic E-state index is -4.39. The standard InChI is InChI=1S/C21H21ClF3N3O/c22-18-5-2-1-4-15(18)16-12-17(16)20(29)28-9-3-8-27(10-11-28)19-7-6-14(13-26-19)21(23,24)25/h1-2,4-7,13,16-17H,3,8-12H2. The van der Waals surface area contributed by atoms with Crippen LogP contribution in [0.1, 0.15) is 29.9 Å². The maximum Gasteiger partial charge on any atom is 0.417 e. The Balaban J connectivity index is 1.37. The average molecular weight is 424 g/mol. The van der Waals surface area contributed by atoms with E-state index in [4.69, 9.17) is 11.6 Å². The number of anilines is 1. The molecule has 1 amide bonds. The lowest BCUT2D eigenvalue weighted by Gasteiger charge is -2.23. The molecule has 2 aliphatic rings. The van der Waals surface area contributed by atoms with Crippen molar-refractivity contribution < 1.29 is 18.0 Å². The first-order valence-electron chi connectivity index (χ1n) is 9.66. The first-order chi connectivity index (χ1) is 13.8. The molecule has 2 fully saturated rings. The number of rotatable bonds is 3. The van der Waals surface area contributed by atoms with Crippen LogP contribution >= 0.6 is 11.6 Å². The van der Waals surface area contributed by atoms with Crippen LogP contribution in [0.2, 0.25) is 5.02 Å². The molecule has 1 aromatic heterocycles. The third-order valence-electron chi connectivity index (χ3n) is 5.62. The molecule has 1 aromatic carbocycles. The lowest BCUT2D eigenvalue weighted by Crippen LogP contribution is -2.36. The average Bonchev–Trinajstić information content (AvgIpc) is 3.51. The van der Waals surface area contributed by atoms with E-state index in [2.05, 4.69) is 4.98 Å². The Hall–Kier alpha value is -2.28. The number of halogens is 4. The summed E-state index contributed by atoms with van der Waals surface area (Å²) in [5.74, 6) is 0.780. The van der Waals surface area contributed by atoms with Crippen LogP contribution in [-0.2, 0) is 11.0 Å². The van der Waals surface area contributed by atoms with Crippen molar-refractivity contribution in [2.24, 2.45) is 5.92 Å². The van der Waals surface area contributed by atoms with Gasteiger partial charge in [-0.15, -0.1) is 0 Å². The van der Waals surface area contributed by atoms with E-state index in [0.717, 1.165) is 30.7 Å². The van der Waals surface area contributed by atoms with E-state index in [1.807, 2.05) is 34.1 Å². The highest BCUT2D eigenvalue weighted by Crippen LogP contribution is 2.50. The quantitative estimate of drug-likeness (QED) is 0.724. The number of alkyl halides is 3. The van der Waals surface area contributed by atoms with Gasteiger partial charge < -0.3 is 9.80 Å². The van der Waals surface area contributed by atoms with Gasteiger partial charge in [0.25, 0.3) is 0 Å². The summed E-state index contributed by atoms with van der Waals surface area (Å²) in [4.78, 5) is 20.7. The van der Waals surface area contributed by atoms with Crippen LogP contribution in [0.15, 0.2) is 42.6 Å². The van der Waals surface area contributed by atoms with Crippen molar-refractivity contribution in [1.29, 1.82) is 0 Å². The first kappa shape index (κ1) is 20.0. The zero-order valence-electron chi connectivity index (χ0n) is 15.7. The van der Waals surface area contributed by atoms with Crippen molar-refractivity contribution in [3.63, 3.8) is 0 Å². The third kappa shape index (κ3) is 4.34. The zero-order chi connectivity index (χ0) is 20.6. The smallest absolute Gasteiger partial charge is 0.355 e. The summed E-state index contributed by atoms with van der Waals surface area (Å²) in [6.07, 6.45) is -1.97. The van der Waals surface area contributed by atoms with Gasteiger partial charge in [0.15, 0.2) is 0 Å². The van der Waals surface area contributed by atoms with Gasteiger partial charge in [-0.25, -0.2) is 4.98 Å². The number of carbonyl (C=O) groups excluding carboxylic acids is 1. The highest BCUT2D eigenvalue weighted by molar-refractivity contribution is 6.31. The van der Waals surface area contributed by atoms with Crippen LogP contribution in [0.4, 0.5) is 19.0 Å². The van der Waals surface area contributed by atoms with Crippen LogP contribution in [-0.4, -0.2) is 42.0 Å².